The Bertz CT molecular complexity index is 383. The predicted molar refractivity (Wildman–Crippen MR) is 63.6 cm³/mol. The number of hydrogen-bond donors (Lipinski definition) is 1. The first-order chi connectivity index (χ1) is 7.67. The number of hydrazone groups is 1. The van der Waals surface area contributed by atoms with E-state index in [0.29, 0.717) is 0 Å². The topological polar surface area (TPSA) is 50.7 Å². The molecule has 86 valence electrons. The zero-order valence-electron chi connectivity index (χ0n) is 9.78. The summed E-state index contributed by atoms with van der Waals surface area (Å²) in [4.78, 5) is 10.8. The molecule has 0 aliphatic carbocycles. The van der Waals surface area contributed by atoms with Crippen LogP contribution in [0.4, 0.5) is 4.79 Å². The van der Waals surface area contributed by atoms with Crippen molar-refractivity contribution in [2.75, 3.05) is 7.11 Å². The molecule has 1 N–H and O–H groups in total. The molecule has 0 fully saturated rings. The molecule has 1 rings (SSSR count). The van der Waals surface area contributed by atoms with Crippen molar-refractivity contribution >= 4 is 11.8 Å². The fourth-order valence-corrected chi connectivity index (χ4v) is 1.22. The fraction of sp³-hybridized carbons (Fsp3) is 0.333. The number of carbonyl (C=O) groups is 1. The Kier molecular flexibility index (Phi) is 4.51. The standard InChI is InChI=1S/C12H16N2O2/c1-4-10-5-7-11(8-6-10)9(2)13-14-12(15)16-3/h5-8H,4H2,1-3H3,(H,14,15)/b13-9-. The zero-order chi connectivity index (χ0) is 12.0. The first-order valence-corrected chi connectivity index (χ1v) is 5.15. The number of methoxy groups -OCH3 is 1. The highest BCUT2D eigenvalue weighted by Crippen LogP contribution is 2.05. The van der Waals surface area contributed by atoms with E-state index in [0.717, 1.165) is 17.7 Å². The van der Waals surface area contributed by atoms with Gasteiger partial charge < -0.3 is 4.74 Å². The van der Waals surface area contributed by atoms with E-state index in [9.17, 15) is 4.79 Å². The minimum atomic E-state index is -0.565. The van der Waals surface area contributed by atoms with E-state index in [1.54, 1.807) is 0 Å². The molecule has 0 saturated carbocycles. The Hall–Kier alpha value is -1.84. The molecule has 1 aromatic carbocycles. The lowest BCUT2D eigenvalue weighted by Gasteiger charge is -2.03. The minimum absolute atomic E-state index is 0.565. The molecule has 1 amide bonds. The summed E-state index contributed by atoms with van der Waals surface area (Å²) in [5.41, 5.74) is 5.29. The number of carbonyl (C=O) groups excluding carboxylic acids is 1. The Labute approximate surface area is 95.3 Å². The molecular formula is C12H16N2O2. The van der Waals surface area contributed by atoms with Gasteiger partial charge in [0.05, 0.1) is 12.8 Å². The van der Waals surface area contributed by atoms with Crippen LogP contribution in [0.1, 0.15) is 25.0 Å². The van der Waals surface area contributed by atoms with Crippen LogP contribution in [0.3, 0.4) is 0 Å². The monoisotopic (exact) mass is 220 g/mol. The largest absolute Gasteiger partial charge is 0.452 e. The first kappa shape index (κ1) is 12.2. The number of aryl methyl sites for hydroxylation is 1. The number of amides is 1. The van der Waals surface area contributed by atoms with E-state index < -0.39 is 6.09 Å². The summed E-state index contributed by atoms with van der Waals surface area (Å²) in [5, 5.41) is 3.91. The van der Waals surface area contributed by atoms with E-state index in [1.165, 1.54) is 12.7 Å². The van der Waals surface area contributed by atoms with E-state index in [4.69, 9.17) is 0 Å². The summed E-state index contributed by atoms with van der Waals surface area (Å²) in [6, 6.07) is 8.06. The van der Waals surface area contributed by atoms with Crippen molar-refractivity contribution in [2.45, 2.75) is 20.3 Å². The molecule has 1 aromatic rings. The third kappa shape index (κ3) is 3.38. The first-order valence-electron chi connectivity index (χ1n) is 5.15. The zero-order valence-corrected chi connectivity index (χ0v) is 9.78. The average Bonchev–Trinajstić information content (AvgIpc) is 2.35. The molecule has 0 bridgehead atoms. The second-order valence-electron chi connectivity index (χ2n) is 3.35. The summed E-state index contributed by atoms with van der Waals surface area (Å²) in [7, 11) is 1.30. The predicted octanol–water partition coefficient (Wildman–Crippen LogP) is 2.33. The van der Waals surface area contributed by atoms with E-state index in [-0.39, 0.29) is 0 Å². The lowest BCUT2D eigenvalue weighted by Crippen LogP contribution is -2.18. The van der Waals surface area contributed by atoms with Gasteiger partial charge in [0.25, 0.3) is 0 Å². The van der Waals surface area contributed by atoms with Crippen LogP contribution in [0.15, 0.2) is 29.4 Å². The molecule has 0 aromatic heterocycles. The highest BCUT2D eigenvalue weighted by Gasteiger charge is 1.99. The number of benzene rings is 1. The summed E-state index contributed by atoms with van der Waals surface area (Å²) in [5.74, 6) is 0. The maximum Gasteiger partial charge on any atom is 0.427 e. The normalized spacial score (nSPS) is 11.1. The van der Waals surface area contributed by atoms with Gasteiger partial charge in [0.15, 0.2) is 0 Å². The number of nitrogens with zero attached hydrogens (tertiary/aromatic N) is 1. The van der Waals surface area contributed by atoms with Crippen molar-refractivity contribution in [3.8, 4) is 0 Å². The van der Waals surface area contributed by atoms with Gasteiger partial charge in [-0.2, -0.15) is 5.10 Å². The molecular weight excluding hydrogens is 204 g/mol. The van der Waals surface area contributed by atoms with Crippen LogP contribution >= 0.6 is 0 Å². The van der Waals surface area contributed by atoms with Crippen LogP contribution < -0.4 is 5.43 Å². The Morgan fingerprint density at radius 1 is 1.38 bits per heavy atom. The molecule has 0 unspecified atom stereocenters. The molecule has 4 heteroatoms. The van der Waals surface area contributed by atoms with Crippen LogP contribution in [0.5, 0.6) is 0 Å². The molecule has 0 radical (unpaired) electrons. The third-order valence-electron chi connectivity index (χ3n) is 2.28. The van der Waals surface area contributed by atoms with Gasteiger partial charge in [0, 0.05) is 0 Å². The van der Waals surface area contributed by atoms with Crippen molar-refractivity contribution in [3.05, 3.63) is 35.4 Å². The van der Waals surface area contributed by atoms with Crippen LogP contribution in [0.25, 0.3) is 0 Å². The number of nitrogens with one attached hydrogen (secondary N) is 1. The molecule has 0 atom stereocenters. The van der Waals surface area contributed by atoms with Crippen LogP contribution in [-0.4, -0.2) is 18.9 Å². The van der Waals surface area contributed by atoms with Crippen LogP contribution in [0.2, 0.25) is 0 Å². The van der Waals surface area contributed by atoms with Gasteiger partial charge in [-0.3, -0.25) is 0 Å². The summed E-state index contributed by atoms with van der Waals surface area (Å²) in [6.07, 6.45) is 0.446. The number of hydrogen-bond acceptors (Lipinski definition) is 3. The maximum atomic E-state index is 10.8. The highest BCUT2D eigenvalue weighted by atomic mass is 16.5. The van der Waals surface area contributed by atoms with Crippen molar-refractivity contribution in [3.63, 3.8) is 0 Å². The molecule has 16 heavy (non-hydrogen) atoms. The van der Waals surface area contributed by atoms with Crippen molar-refractivity contribution < 1.29 is 9.53 Å². The average molecular weight is 220 g/mol. The third-order valence-corrected chi connectivity index (χ3v) is 2.28. The molecule has 4 nitrogen and oxygen atoms in total. The quantitative estimate of drug-likeness (QED) is 0.627. The Balaban J connectivity index is 2.71. The van der Waals surface area contributed by atoms with E-state index >= 15 is 0 Å². The van der Waals surface area contributed by atoms with Crippen LogP contribution in [-0.2, 0) is 11.2 Å². The number of rotatable bonds is 3. The molecule has 0 saturated heterocycles. The number of ether oxygens (including phenoxy) is 1. The second kappa shape index (κ2) is 5.90. The smallest absolute Gasteiger partial charge is 0.427 e. The summed E-state index contributed by atoms with van der Waals surface area (Å²) < 4.78 is 4.42. The lowest BCUT2D eigenvalue weighted by atomic mass is 10.1. The maximum absolute atomic E-state index is 10.8. The van der Waals surface area contributed by atoms with E-state index in [1.807, 2.05) is 31.2 Å². The highest BCUT2D eigenvalue weighted by molar-refractivity contribution is 5.99. The van der Waals surface area contributed by atoms with E-state index in [2.05, 4.69) is 22.2 Å². The molecule has 0 spiro atoms. The molecule has 0 aliphatic heterocycles. The van der Waals surface area contributed by atoms with Crippen molar-refractivity contribution in [1.29, 1.82) is 0 Å². The molecule has 0 aliphatic rings. The van der Waals surface area contributed by atoms with Gasteiger partial charge in [-0.1, -0.05) is 31.2 Å². The van der Waals surface area contributed by atoms with Crippen molar-refractivity contribution in [2.24, 2.45) is 5.10 Å². The summed E-state index contributed by atoms with van der Waals surface area (Å²) >= 11 is 0. The van der Waals surface area contributed by atoms with Gasteiger partial charge in [-0.25, -0.2) is 10.2 Å². The van der Waals surface area contributed by atoms with Gasteiger partial charge >= 0.3 is 6.09 Å². The van der Waals surface area contributed by atoms with Gasteiger partial charge in [-0.15, -0.1) is 0 Å². The molecule has 0 heterocycles. The Morgan fingerprint density at radius 2 is 2.00 bits per heavy atom. The lowest BCUT2D eigenvalue weighted by molar-refractivity contribution is 0.171. The van der Waals surface area contributed by atoms with Crippen molar-refractivity contribution in [1.82, 2.24) is 5.43 Å². The fourth-order valence-electron chi connectivity index (χ4n) is 1.22. The summed E-state index contributed by atoms with van der Waals surface area (Å²) in [6.45, 7) is 3.94. The second-order valence-corrected chi connectivity index (χ2v) is 3.35. The SMILES string of the molecule is CCc1ccc(/C(C)=N\NC(=O)OC)cc1. The van der Waals surface area contributed by atoms with Gasteiger partial charge in [-0.05, 0) is 24.5 Å². The minimum Gasteiger partial charge on any atom is -0.452 e. The van der Waals surface area contributed by atoms with Gasteiger partial charge in [0.2, 0.25) is 0 Å². The van der Waals surface area contributed by atoms with Crippen LogP contribution in [0, 0.1) is 0 Å². The van der Waals surface area contributed by atoms with Gasteiger partial charge in [0.1, 0.15) is 0 Å². The Morgan fingerprint density at radius 3 is 2.50 bits per heavy atom.